The van der Waals surface area contributed by atoms with Crippen LogP contribution in [0.25, 0.3) is 21.5 Å². The molecule has 0 bridgehead atoms. The van der Waals surface area contributed by atoms with Crippen molar-refractivity contribution in [1.29, 1.82) is 0 Å². The van der Waals surface area contributed by atoms with Crippen LogP contribution in [0.1, 0.15) is 51.7 Å². The zero-order valence-corrected chi connectivity index (χ0v) is 32.9. The fourth-order valence-electron chi connectivity index (χ4n) is 8.64. The van der Waals surface area contributed by atoms with E-state index in [0.29, 0.717) is 28.5 Å². The first kappa shape index (κ1) is 36.9. The van der Waals surface area contributed by atoms with Gasteiger partial charge in [-0.15, -0.1) is 0 Å². The summed E-state index contributed by atoms with van der Waals surface area (Å²) in [5, 5.41) is 3.10. The smallest absolute Gasteiger partial charge is 0.294 e. The van der Waals surface area contributed by atoms with Crippen LogP contribution in [0.5, 0.6) is 0 Å². The van der Waals surface area contributed by atoms with Crippen molar-refractivity contribution in [1.82, 2.24) is 0 Å². The predicted molar refractivity (Wildman–Crippen MR) is 209 cm³/mol. The van der Waals surface area contributed by atoms with Gasteiger partial charge in [0.1, 0.15) is 7.05 Å². The third kappa shape index (κ3) is 5.98. The van der Waals surface area contributed by atoms with Gasteiger partial charge in [-0.3, -0.25) is 9.11 Å². The number of hydrogen-bond donors (Lipinski definition) is 2. The second kappa shape index (κ2) is 12.1. The molecule has 1 aliphatic carbocycles. The Morgan fingerprint density at radius 3 is 1.85 bits per heavy atom. The van der Waals surface area contributed by atoms with E-state index < -0.39 is 40.9 Å². The molecule has 0 radical (unpaired) electrons. The minimum absolute atomic E-state index is 0.169. The van der Waals surface area contributed by atoms with Crippen molar-refractivity contribution >= 4 is 68.7 Å². The van der Waals surface area contributed by atoms with E-state index in [1.165, 1.54) is 30.5 Å². The van der Waals surface area contributed by atoms with Crippen LogP contribution in [-0.4, -0.2) is 65.0 Å². The molecule has 53 heavy (non-hydrogen) atoms. The lowest BCUT2D eigenvalue weighted by molar-refractivity contribution is -0.401. The first-order chi connectivity index (χ1) is 24.5. The van der Waals surface area contributed by atoms with E-state index in [1.807, 2.05) is 62.7 Å². The summed E-state index contributed by atoms with van der Waals surface area (Å²) in [6.07, 6.45) is 10.1. The van der Waals surface area contributed by atoms with Gasteiger partial charge in [0.05, 0.1) is 20.1 Å². The molecule has 0 unspecified atom stereocenters. The molecule has 10 nitrogen and oxygen atoms in total. The first-order valence-electron chi connectivity index (χ1n) is 17.0. The van der Waals surface area contributed by atoms with Crippen LogP contribution in [0, 0.1) is 0 Å². The molecule has 276 valence electrons. The summed E-state index contributed by atoms with van der Waals surface area (Å²) in [6.45, 7) is 8.32. The number of likely N-dealkylation sites (N-methyl/N-ethyl adjacent to an activating group) is 1. The molecular formula is C40H41N2O8S3+. The molecule has 4 aromatic rings. The van der Waals surface area contributed by atoms with Gasteiger partial charge >= 0.3 is 0 Å². The average molecular weight is 774 g/mol. The second-order valence-electron chi connectivity index (χ2n) is 15.1. The minimum Gasteiger partial charge on any atom is -0.347 e. The summed E-state index contributed by atoms with van der Waals surface area (Å²) in [7, 11) is -8.42. The van der Waals surface area contributed by atoms with Gasteiger partial charge in [-0.1, -0.05) is 44.2 Å². The monoisotopic (exact) mass is 773 g/mol. The molecule has 0 atom stereocenters. The van der Waals surface area contributed by atoms with Crippen LogP contribution < -0.4 is 4.90 Å². The van der Waals surface area contributed by atoms with Gasteiger partial charge in [0.15, 0.2) is 15.5 Å². The van der Waals surface area contributed by atoms with Crippen molar-refractivity contribution in [2.24, 2.45) is 0 Å². The summed E-state index contributed by atoms with van der Waals surface area (Å²) >= 11 is 0. The largest absolute Gasteiger partial charge is 0.347 e. The fourth-order valence-corrected chi connectivity index (χ4v) is 11.0. The molecule has 0 spiro atoms. The van der Waals surface area contributed by atoms with Crippen LogP contribution in [0.3, 0.4) is 0 Å². The normalized spacial score (nSPS) is 20.2. The number of sulfone groups is 1. The van der Waals surface area contributed by atoms with Crippen LogP contribution in [0.4, 0.5) is 11.4 Å². The number of fused-ring (bicyclic) bond motifs is 6. The van der Waals surface area contributed by atoms with Crippen molar-refractivity contribution in [3.63, 3.8) is 0 Å². The summed E-state index contributed by atoms with van der Waals surface area (Å²) in [5.74, 6) is 0. The summed E-state index contributed by atoms with van der Waals surface area (Å²) in [5.41, 5.74) is 6.21. The highest BCUT2D eigenvalue weighted by Crippen LogP contribution is 2.51. The number of rotatable bonds is 6. The Kier molecular flexibility index (Phi) is 8.40. The molecule has 2 aliphatic heterocycles. The Morgan fingerprint density at radius 1 is 0.717 bits per heavy atom. The number of hydrogen-bond acceptors (Lipinski definition) is 7. The van der Waals surface area contributed by atoms with Crippen molar-refractivity contribution in [2.75, 3.05) is 25.3 Å². The second-order valence-corrected chi connectivity index (χ2v) is 19.9. The molecule has 2 N–H and O–H groups in total. The molecule has 2 heterocycles. The molecule has 4 aromatic carbocycles. The molecule has 13 heteroatoms. The first-order valence-corrected chi connectivity index (χ1v) is 21.8. The van der Waals surface area contributed by atoms with Gasteiger partial charge in [0.2, 0.25) is 5.69 Å². The predicted octanol–water partition coefficient (Wildman–Crippen LogP) is 7.38. The van der Waals surface area contributed by atoms with Crippen molar-refractivity contribution in [3.8, 4) is 0 Å². The highest BCUT2D eigenvalue weighted by atomic mass is 32.2. The van der Waals surface area contributed by atoms with E-state index in [1.54, 1.807) is 12.1 Å². The van der Waals surface area contributed by atoms with Gasteiger partial charge in [-0.05, 0) is 107 Å². The maximum absolute atomic E-state index is 13.4. The third-order valence-electron chi connectivity index (χ3n) is 11.0. The lowest BCUT2D eigenvalue weighted by Gasteiger charge is -2.24. The molecule has 7 rings (SSSR count). The topological polar surface area (TPSA) is 149 Å². The van der Waals surface area contributed by atoms with Gasteiger partial charge in [0, 0.05) is 47.8 Å². The number of nitrogens with zero attached hydrogens (tertiary/aromatic N) is 2. The zero-order valence-electron chi connectivity index (χ0n) is 30.5. The summed E-state index contributed by atoms with van der Waals surface area (Å²) < 4.78 is 95.2. The molecule has 0 saturated carbocycles. The van der Waals surface area contributed by atoms with E-state index in [4.69, 9.17) is 0 Å². The molecule has 0 amide bonds. The van der Waals surface area contributed by atoms with Gasteiger partial charge < -0.3 is 4.90 Å². The SMILES string of the molecule is CN1/C(=C\C=C2\CCC(/C=C/C3=[N+](C)c4ccc5cc(S(=O)(=O)O)ccc5c4C3(C)C)=C2S(C)(=O)=O)C(C)(C)c2c1ccc1cc(S(=O)(=O)O)ccc21. The Bertz CT molecular complexity index is 2820. The highest BCUT2D eigenvalue weighted by Gasteiger charge is 2.45. The van der Waals surface area contributed by atoms with Gasteiger partial charge in [-0.25, -0.2) is 8.42 Å². The molecule has 0 saturated heterocycles. The van der Waals surface area contributed by atoms with Crippen LogP contribution >= 0.6 is 0 Å². The van der Waals surface area contributed by atoms with E-state index in [9.17, 15) is 34.4 Å². The lowest BCUT2D eigenvalue weighted by Crippen LogP contribution is -2.27. The Morgan fingerprint density at radius 2 is 1.28 bits per heavy atom. The summed E-state index contributed by atoms with van der Waals surface area (Å²) in [4.78, 5) is 2.04. The van der Waals surface area contributed by atoms with Gasteiger partial charge in [-0.2, -0.15) is 21.4 Å². The highest BCUT2D eigenvalue weighted by molar-refractivity contribution is 7.94. The van der Waals surface area contributed by atoms with E-state index in [-0.39, 0.29) is 9.79 Å². The molecule has 0 aromatic heterocycles. The standard InChI is InChI=1S/C40H40N2O8S3/c1-39(2)34(41(5)32-18-10-26-22-28(52(45,46)47)14-16-30(26)36(32)39)20-12-24-8-9-25(38(24)51(7,43)44)13-21-35-40(3,4)37-31-17-15-29(53(48,49)50)23-27(31)11-19-33(37)42(35)6/h10-23H,8-9H2,1-7H3,(H-,45,46,47,48,49,50)/p+1. The van der Waals surface area contributed by atoms with E-state index >= 15 is 0 Å². The molecule has 0 fully saturated rings. The molecule has 3 aliphatic rings. The Balaban J connectivity index is 1.25. The maximum Gasteiger partial charge on any atom is 0.294 e. The minimum atomic E-state index is -4.36. The van der Waals surface area contributed by atoms with Gasteiger partial charge in [0.25, 0.3) is 20.2 Å². The maximum atomic E-state index is 13.4. The Labute approximate surface area is 310 Å². The quantitative estimate of drug-likeness (QED) is 0.151. The van der Waals surface area contributed by atoms with E-state index in [2.05, 4.69) is 37.2 Å². The van der Waals surface area contributed by atoms with E-state index in [0.717, 1.165) is 55.8 Å². The molecular weight excluding hydrogens is 733 g/mol. The van der Waals surface area contributed by atoms with Crippen molar-refractivity contribution in [3.05, 3.63) is 118 Å². The zero-order chi connectivity index (χ0) is 38.6. The number of benzene rings is 4. The third-order valence-corrected chi connectivity index (χ3v) is 14.0. The van der Waals surface area contributed by atoms with Crippen LogP contribution in [0.2, 0.25) is 0 Å². The fraction of sp³-hybridized carbons (Fsp3) is 0.275. The van der Waals surface area contributed by atoms with Crippen LogP contribution in [-0.2, 0) is 40.9 Å². The average Bonchev–Trinajstić information content (AvgIpc) is 3.63. The van der Waals surface area contributed by atoms with Crippen molar-refractivity contribution < 1.29 is 38.9 Å². The summed E-state index contributed by atoms with van der Waals surface area (Å²) in [6, 6.07) is 16.7. The van der Waals surface area contributed by atoms with Crippen molar-refractivity contribution in [2.45, 2.75) is 61.2 Å². The Hall–Kier alpha value is -4.40. The number of allylic oxidation sites excluding steroid dienone is 7. The van der Waals surface area contributed by atoms with Crippen LogP contribution in [0.15, 0.2) is 117 Å². The lowest BCUT2D eigenvalue weighted by atomic mass is 9.79. The number of anilines is 1.